The molecule has 0 fully saturated rings. The summed E-state index contributed by atoms with van der Waals surface area (Å²) in [6.45, 7) is 4.23. The van der Waals surface area contributed by atoms with Crippen LogP contribution in [0.3, 0.4) is 0 Å². The van der Waals surface area contributed by atoms with Gasteiger partial charge in [-0.3, -0.25) is 4.79 Å². The van der Waals surface area contributed by atoms with Crippen LogP contribution in [0.25, 0.3) is 0 Å². The third kappa shape index (κ3) is 5.29. The number of hydrogen-bond donors (Lipinski definition) is 2. The predicted molar refractivity (Wildman–Crippen MR) is 111 cm³/mol. The molecule has 0 bridgehead atoms. The Balaban J connectivity index is 1.78. The van der Waals surface area contributed by atoms with Crippen molar-refractivity contribution in [1.82, 2.24) is 10.3 Å². The molecule has 0 aliphatic heterocycles. The standard InChI is InChI=1S/C22H20ClF2N3O/c1-13(2)17-10-21(28-20-8-7-16(25)9-19(20)23)26-12-18(17)22(29)27-11-14-3-5-15(24)6-4-14/h3-10,12-13H,11H2,1-2H3,(H,26,28)(H,27,29). The first kappa shape index (κ1) is 20.7. The molecule has 4 nitrogen and oxygen atoms in total. The molecule has 0 unspecified atom stereocenters. The lowest BCUT2D eigenvalue weighted by Gasteiger charge is -2.15. The first-order valence-corrected chi connectivity index (χ1v) is 9.46. The van der Waals surface area contributed by atoms with E-state index in [4.69, 9.17) is 11.6 Å². The second-order valence-electron chi connectivity index (χ2n) is 6.87. The molecule has 0 aliphatic rings. The van der Waals surface area contributed by atoms with Gasteiger partial charge in [-0.05, 0) is 53.4 Å². The Kier molecular flexibility index (Phi) is 6.44. The summed E-state index contributed by atoms with van der Waals surface area (Å²) < 4.78 is 26.2. The average molecular weight is 416 g/mol. The molecule has 2 N–H and O–H groups in total. The van der Waals surface area contributed by atoms with E-state index >= 15 is 0 Å². The number of rotatable bonds is 6. The molecule has 0 saturated heterocycles. The highest BCUT2D eigenvalue weighted by atomic mass is 35.5. The van der Waals surface area contributed by atoms with Crippen LogP contribution in [0.5, 0.6) is 0 Å². The number of aromatic nitrogens is 1. The molecule has 0 spiro atoms. The summed E-state index contributed by atoms with van der Waals surface area (Å²) in [5.74, 6) is -0.455. The van der Waals surface area contributed by atoms with Gasteiger partial charge in [0.25, 0.3) is 5.91 Å². The summed E-state index contributed by atoms with van der Waals surface area (Å²) >= 11 is 6.05. The highest BCUT2D eigenvalue weighted by molar-refractivity contribution is 6.33. The van der Waals surface area contributed by atoms with E-state index < -0.39 is 5.82 Å². The summed E-state index contributed by atoms with van der Waals surface area (Å²) in [6, 6.07) is 11.8. The van der Waals surface area contributed by atoms with Gasteiger partial charge in [-0.15, -0.1) is 0 Å². The van der Waals surface area contributed by atoms with Crippen molar-refractivity contribution < 1.29 is 13.6 Å². The van der Waals surface area contributed by atoms with Crippen LogP contribution in [-0.4, -0.2) is 10.9 Å². The molecule has 1 amide bonds. The number of amides is 1. The van der Waals surface area contributed by atoms with E-state index in [1.54, 1.807) is 18.2 Å². The number of benzene rings is 2. The van der Waals surface area contributed by atoms with Crippen molar-refractivity contribution in [2.75, 3.05) is 5.32 Å². The second kappa shape index (κ2) is 9.01. The monoisotopic (exact) mass is 415 g/mol. The number of hydrogen-bond acceptors (Lipinski definition) is 3. The predicted octanol–water partition coefficient (Wildman–Crippen LogP) is 5.81. The maximum absolute atomic E-state index is 13.2. The second-order valence-corrected chi connectivity index (χ2v) is 7.28. The molecule has 0 aliphatic carbocycles. The summed E-state index contributed by atoms with van der Waals surface area (Å²) in [4.78, 5) is 17.0. The number of carbonyl (C=O) groups excluding carboxylic acids is 1. The van der Waals surface area contributed by atoms with E-state index in [-0.39, 0.29) is 29.2 Å². The van der Waals surface area contributed by atoms with Crippen LogP contribution in [0.4, 0.5) is 20.3 Å². The molecule has 1 aromatic heterocycles. The quantitative estimate of drug-likeness (QED) is 0.534. The zero-order valence-electron chi connectivity index (χ0n) is 16.0. The molecule has 1 heterocycles. The number of nitrogens with zero attached hydrogens (tertiary/aromatic N) is 1. The minimum absolute atomic E-state index is 0.0637. The first-order chi connectivity index (χ1) is 13.8. The zero-order chi connectivity index (χ0) is 21.0. The van der Waals surface area contributed by atoms with Crippen LogP contribution in [0, 0.1) is 11.6 Å². The average Bonchev–Trinajstić information content (AvgIpc) is 2.69. The molecule has 150 valence electrons. The Morgan fingerprint density at radius 1 is 1.07 bits per heavy atom. The van der Waals surface area contributed by atoms with E-state index in [2.05, 4.69) is 15.6 Å². The van der Waals surface area contributed by atoms with Gasteiger partial charge in [0.05, 0.1) is 16.3 Å². The lowest BCUT2D eigenvalue weighted by molar-refractivity contribution is 0.0949. The Labute approximate surface area is 172 Å². The van der Waals surface area contributed by atoms with Crippen molar-refractivity contribution in [2.24, 2.45) is 0 Å². The van der Waals surface area contributed by atoms with Crippen LogP contribution in [-0.2, 0) is 6.54 Å². The third-order valence-electron chi connectivity index (χ3n) is 4.36. The maximum atomic E-state index is 13.2. The molecule has 29 heavy (non-hydrogen) atoms. The van der Waals surface area contributed by atoms with E-state index in [0.717, 1.165) is 11.1 Å². The van der Waals surface area contributed by atoms with Crippen LogP contribution in [0.15, 0.2) is 54.7 Å². The minimum atomic E-state index is -0.426. The minimum Gasteiger partial charge on any atom is -0.348 e. The number of pyridine rings is 1. The number of halogens is 3. The van der Waals surface area contributed by atoms with Crippen LogP contribution < -0.4 is 10.6 Å². The largest absolute Gasteiger partial charge is 0.348 e. The highest BCUT2D eigenvalue weighted by Gasteiger charge is 2.16. The van der Waals surface area contributed by atoms with Crippen LogP contribution in [0.2, 0.25) is 5.02 Å². The summed E-state index contributed by atoms with van der Waals surface area (Å²) in [7, 11) is 0. The van der Waals surface area contributed by atoms with Crippen molar-refractivity contribution >= 4 is 29.0 Å². The fourth-order valence-corrected chi connectivity index (χ4v) is 3.03. The lowest BCUT2D eigenvalue weighted by atomic mass is 9.98. The molecular formula is C22H20ClF2N3O. The molecule has 0 atom stereocenters. The van der Waals surface area contributed by atoms with Crippen molar-refractivity contribution in [2.45, 2.75) is 26.3 Å². The van der Waals surface area contributed by atoms with E-state index in [1.807, 2.05) is 13.8 Å². The summed E-state index contributed by atoms with van der Waals surface area (Å²) in [5.41, 5.74) is 2.57. The maximum Gasteiger partial charge on any atom is 0.253 e. The molecule has 0 radical (unpaired) electrons. The van der Waals surface area contributed by atoms with Crippen molar-refractivity contribution in [3.63, 3.8) is 0 Å². The zero-order valence-corrected chi connectivity index (χ0v) is 16.7. The number of anilines is 2. The van der Waals surface area contributed by atoms with Gasteiger partial charge in [-0.25, -0.2) is 13.8 Å². The van der Waals surface area contributed by atoms with Crippen molar-refractivity contribution in [1.29, 1.82) is 0 Å². The highest BCUT2D eigenvalue weighted by Crippen LogP contribution is 2.28. The topological polar surface area (TPSA) is 54.0 Å². The smallest absolute Gasteiger partial charge is 0.253 e. The van der Waals surface area contributed by atoms with Gasteiger partial charge in [0.1, 0.15) is 17.5 Å². The van der Waals surface area contributed by atoms with Gasteiger partial charge in [0, 0.05) is 12.7 Å². The number of nitrogens with one attached hydrogen (secondary N) is 2. The van der Waals surface area contributed by atoms with Gasteiger partial charge in [-0.2, -0.15) is 0 Å². The van der Waals surface area contributed by atoms with Gasteiger partial charge in [0.15, 0.2) is 0 Å². The molecule has 2 aromatic carbocycles. The first-order valence-electron chi connectivity index (χ1n) is 9.08. The molecular weight excluding hydrogens is 396 g/mol. The fraction of sp³-hybridized carbons (Fsp3) is 0.182. The van der Waals surface area contributed by atoms with Crippen molar-refractivity contribution in [3.05, 3.63) is 88.1 Å². The lowest BCUT2D eigenvalue weighted by Crippen LogP contribution is -2.24. The Hall–Kier alpha value is -2.99. The SMILES string of the molecule is CC(C)c1cc(Nc2ccc(F)cc2Cl)ncc1C(=O)NCc1ccc(F)cc1. The summed E-state index contributed by atoms with van der Waals surface area (Å²) in [6.07, 6.45) is 1.50. The molecule has 0 saturated carbocycles. The fourth-order valence-electron chi connectivity index (χ4n) is 2.82. The van der Waals surface area contributed by atoms with Gasteiger partial charge in [0.2, 0.25) is 0 Å². The molecule has 3 aromatic rings. The van der Waals surface area contributed by atoms with Gasteiger partial charge < -0.3 is 10.6 Å². The number of carbonyl (C=O) groups is 1. The Bertz CT molecular complexity index is 1020. The molecule has 7 heteroatoms. The normalized spacial score (nSPS) is 10.8. The van der Waals surface area contributed by atoms with E-state index in [9.17, 15) is 13.6 Å². The molecule has 3 rings (SSSR count). The Morgan fingerprint density at radius 2 is 1.76 bits per heavy atom. The van der Waals surface area contributed by atoms with Gasteiger partial charge >= 0.3 is 0 Å². The van der Waals surface area contributed by atoms with Gasteiger partial charge in [-0.1, -0.05) is 37.6 Å². The van der Waals surface area contributed by atoms with E-state index in [0.29, 0.717) is 17.1 Å². The van der Waals surface area contributed by atoms with E-state index in [1.165, 1.54) is 36.5 Å². The Morgan fingerprint density at radius 3 is 2.41 bits per heavy atom. The van der Waals surface area contributed by atoms with Crippen LogP contribution in [0.1, 0.15) is 41.3 Å². The van der Waals surface area contributed by atoms with Crippen LogP contribution >= 0.6 is 11.6 Å². The third-order valence-corrected chi connectivity index (χ3v) is 4.68. The summed E-state index contributed by atoms with van der Waals surface area (Å²) in [5, 5.41) is 6.11. The van der Waals surface area contributed by atoms with Crippen molar-refractivity contribution in [3.8, 4) is 0 Å².